The lowest BCUT2D eigenvalue weighted by molar-refractivity contribution is -0.135. The number of likely N-dealkylation sites (tertiary alicyclic amines) is 1. The molecule has 1 amide bonds. The number of carbonyl (C=O) groups is 1. The Morgan fingerprint density at radius 1 is 1.12 bits per heavy atom. The van der Waals surface area contributed by atoms with E-state index in [1.54, 1.807) is 13.2 Å². The molecule has 1 aromatic carbocycles. The van der Waals surface area contributed by atoms with E-state index in [1.165, 1.54) is 38.2 Å². The Balaban J connectivity index is 1.63. The number of halogens is 2. The van der Waals surface area contributed by atoms with Gasteiger partial charge in [-0.25, -0.2) is 8.78 Å². The van der Waals surface area contributed by atoms with Crippen molar-refractivity contribution in [2.75, 3.05) is 40.0 Å². The molecule has 0 spiro atoms. The van der Waals surface area contributed by atoms with Crippen LogP contribution in [0.2, 0.25) is 0 Å². The molecule has 1 aromatic rings. The van der Waals surface area contributed by atoms with Gasteiger partial charge >= 0.3 is 0 Å². The van der Waals surface area contributed by atoms with Gasteiger partial charge in [-0.15, -0.1) is 0 Å². The maximum Gasteiger partial charge on any atom is 0.222 e. The second-order valence-electron chi connectivity index (χ2n) is 10.1. The fraction of sp³-hybridized carbons (Fsp3) is 0.741. The van der Waals surface area contributed by atoms with Crippen LogP contribution in [0.25, 0.3) is 0 Å². The van der Waals surface area contributed by atoms with Gasteiger partial charge in [0.2, 0.25) is 5.91 Å². The topological polar surface area (TPSA) is 64.8 Å². The van der Waals surface area contributed by atoms with Crippen LogP contribution in [-0.4, -0.2) is 50.8 Å². The number of carbonyl (C=O) groups excluding carboxylic acids is 1. The summed E-state index contributed by atoms with van der Waals surface area (Å²) in [5.74, 6) is -0.641. The molecule has 2 fully saturated rings. The summed E-state index contributed by atoms with van der Waals surface area (Å²) in [5, 5.41) is 0. The molecule has 1 saturated heterocycles. The van der Waals surface area contributed by atoms with Gasteiger partial charge in [-0.05, 0) is 61.8 Å². The van der Waals surface area contributed by atoms with Gasteiger partial charge in [0.25, 0.3) is 0 Å². The van der Waals surface area contributed by atoms with Crippen LogP contribution in [-0.2, 0) is 14.3 Å². The largest absolute Gasteiger partial charge is 0.385 e. The number of piperidine rings is 1. The Kier molecular flexibility index (Phi) is 11.2. The molecule has 2 N–H and O–H groups in total. The molecule has 3 rings (SSSR count). The number of hydrogen-bond acceptors (Lipinski definition) is 4. The van der Waals surface area contributed by atoms with Crippen molar-refractivity contribution in [3.8, 4) is 0 Å². The SMILES string of the molecule is COCCCO[C@@H](c1ccc(F)c(F)c1)[C@@H]1CCCN(C(=O)C[C@H](CN)CC2CCCCC2)C1. The lowest BCUT2D eigenvalue weighted by Crippen LogP contribution is -2.43. The summed E-state index contributed by atoms with van der Waals surface area (Å²) in [4.78, 5) is 15.1. The number of amides is 1. The normalized spacial score (nSPS) is 21.4. The average Bonchev–Trinajstić information content (AvgIpc) is 2.86. The second-order valence-corrected chi connectivity index (χ2v) is 10.1. The van der Waals surface area contributed by atoms with Crippen molar-refractivity contribution in [1.29, 1.82) is 0 Å². The van der Waals surface area contributed by atoms with E-state index in [0.29, 0.717) is 50.6 Å². The summed E-state index contributed by atoms with van der Waals surface area (Å²) in [7, 11) is 1.64. The minimum absolute atomic E-state index is 0.0276. The molecule has 5 nitrogen and oxygen atoms in total. The molecule has 34 heavy (non-hydrogen) atoms. The van der Waals surface area contributed by atoms with Crippen molar-refractivity contribution in [3.05, 3.63) is 35.4 Å². The van der Waals surface area contributed by atoms with Crippen LogP contribution < -0.4 is 5.73 Å². The smallest absolute Gasteiger partial charge is 0.222 e. The van der Waals surface area contributed by atoms with Gasteiger partial charge in [0.15, 0.2) is 11.6 Å². The first kappa shape index (κ1) is 27.0. The van der Waals surface area contributed by atoms with E-state index in [9.17, 15) is 13.6 Å². The van der Waals surface area contributed by atoms with E-state index >= 15 is 0 Å². The van der Waals surface area contributed by atoms with E-state index in [4.69, 9.17) is 15.2 Å². The third-order valence-corrected chi connectivity index (χ3v) is 7.49. The first-order valence-electron chi connectivity index (χ1n) is 13.0. The molecule has 1 heterocycles. The quantitative estimate of drug-likeness (QED) is 0.416. The van der Waals surface area contributed by atoms with Crippen molar-refractivity contribution in [1.82, 2.24) is 4.90 Å². The van der Waals surface area contributed by atoms with Crippen LogP contribution in [0, 0.1) is 29.4 Å². The highest BCUT2D eigenvalue weighted by molar-refractivity contribution is 5.76. The minimum atomic E-state index is -0.875. The van der Waals surface area contributed by atoms with E-state index in [2.05, 4.69) is 0 Å². The number of nitrogens with zero attached hydrogens (tertiary/aromatic N) is 1. The number of hydrogen-bond donors (Lipinski definition) is 1. The van der Waals surface area contributed by atoms with Crippen LogP contribution in [0.15, 0.2) is 18.2 Å². The minimum Gasteiger partial charge on any atom is -0.385 e. The molecule has 0 radical (unpaired) electrons. The highest BCUT2D eigenvalue weighted by atomic mass is 19.2. The monoisotopic (exact) mass is 480 g/mol. The van der Waals surface area contributed by atoms with Gasteiger partial charge < -0.3 is 20.1 Å². The molecule has 0 unspecified atom stereocenters. The van der Waals surface area contributed by atoms with Gasteiger partial charge in [-0.1, -0.05) is 38.2 Å². The maximum absolute atomic E-state index is 14.0. The van der Waals surface area contributed by atoms with Crippen molar-refractivity contribution < 1.29 is 23.0 Å². The lowest BCUT2D eigenvalue weighted by atomic mass is 9.81. The molecular weight excluding hydrogens is 438 g/mol. The number of rotatable bonds is 12. The van der Waals surface area contributed by atoms with Crippen LogP contribution in [0.4, 0.5) is 8.78 Å². The predicted molar refractivity (Wildman–Crippen MR) is 129 cm³/mol. The first-order chi connectivity index (χ1) is 16.5. The molecule has 1 aliphatic carbocycles. The zero-order valence-electron chi connectivity index (χ0n) is 20.7. The highest BCUT2D eigenvalue weighted by Crippen LogP contribution is 2.35. The molecule has 1 aliphatic heterocycles. The third-order valence-electron chi connectivity index (χ3n) is 7.49. The molecule has 192 valence electrons. The highest BCUT2D eigenvalue weighted by Gasteiger charge is 2.32. The molecule has 0 aromatic heterocycles. The molecular formula is C27H42F2N2O3. The lowest BCUT2D eigenvalue weighted by Gasteiger charge is -2.38. The Morgan fingerprint density at radius 2 is 1.91 bits per heavy atom. The van der Waals surface area contributed by atoms with E-state index in [1.807, 2.05) is 4.90 Å². The van der Waals surface area contributed by atoms with Gasteiger partial charge in [-0.3, -0.25) is 4.79 Å². The molecule has 3 atom stereocenters. The molecule has 2 aliphatic rings. The van der Waals surface area contributed by atoms with Crippen molar-refractivity contribution >= 4 is 5.91 Å². The van der Waals surface area contributed by atoms with E-state index in [0.717, 1.165) is 31.9 Å². The number of ether oxygens (including phenoxy) is 2. The summed E-state index contributed by atoms with van der Waals surface area (Å²) in [6.07, 6.45) is 10.0. The average molecular weight is 481 g/mol. The standard InChI is InChI=1S/C27H42F2N2O3/c1-33-13-6-14-34-27(22-10-11-24(28)25(29)17-22)23-9-5-12-31(19-23)26(32)16-21(18-30)15-20-7-3-2-4-8-20/h10-11,17,20-21,23,27H,2-9,12-16,18-19,30H2,1H3/t21-,23-,27+/m1/s1. The Hall–Kier alpha value is -1.57. The molecule has 1 saturated carbocycles. The van der Waals surface area contributed by atoms with Gasteiger partial charge in [-0.2, -0.15) is 0 Å². The zero-order valence-corrected chi connectivity index (χ0v) is 20.7. The Labute approximate surface area is 203 Å². The summed E-state index contributed by atoms with van der Waals surface area (Å²) in [5.41, 5.74) is 6.68. The Morgan fingerprint density at radius 3 is 2.62 bits per heavy atom. The zero-order chi connectivity index (χ0) is 24.3. The van der Waals surface area contributed by atoms with Gasteiger partial charge in [0, 0.05) is 45.8 Å². The third kappa shape index (κ3) is 7.99. The van der Waals surface area contributed by atoms with Crippen LogP contribution in [0.1, 0.15) is 75.9 Å². The second kappa shape index (κ2) is 14.1. The van der Waals surface area contributed by atoms with Crippen LogP contribution in [0.5, 0.6) is 0 Å². The first-order valence-corrected chi connectivity index (χ1v) is 13.0. The summed E-state index contributed by atoms with van der Waals surface area (Å²) in [6.45, 7) is 2.86. The summed E-state index contributed by atoms with van der Waals surface area (Å²) in [6, 6.07) is 3.97. The number of methoxy groups -OCH3 is 1. The molecule has 0 bridgehead atoms. The van der Waals surface area contributed by atoms with Crippen molar-refractivity contribution in [2.24, 2.45) is 23.5 Å². The Bertz CT molecular complexity index is 757. The maximum atomic E-state index is 14.0. The summed E-state index contributed by atoms with van der Waals surface area (Å²) < 4.78 is 38.8. The number of nitrogens with two attached hydrogens (primary N) is 1. The summed E-state index contributed by atoms with van der Waals surface area (Å²) >= 11 is 0. The van der Waals surface area contributed by atoms with Crippen molar-refractivity contribution in [3.63, 3.8) is 0 Å². The fourth-order valence-electron chi connectivity index (χ4n) is 5.62. The van der Waals surface area contributed by atoms with Gasteiger partial charge in [0.1, 0.15) is 0 Å². The van der Waals surface area contributed by atoms with Crippen LogP contribution in [0.3, 0.4) is 0 Å². The molecule has 7 heteroatoms. The van der Waals surface area contributed by atoms with E-state index < -0.39 is 17.7 Å². The van der Waals surface area contributed by atoms with Crippen LogP contribution >= 0.6 is 0 Å². The van der Waals surface area contributed by atoms with E-state index in [-0.39, 0.29) is 17.7 Å². The van der Waals surface area contributed by atoms with Gasteiger partial charge in [0.05, 0.1) is 6.10 Å². The van der Waals surface area contributed by atoms with Crippen molar-refractivity contribution in [2.45, 2.75) is 70.3 Å². The number of benzene rings is 1. The predicted octanol–water partition coefficient (Wildman–Crippen LogP) is 5.23. The fourth-order valence-corrected chi connectivity index (χ4v) is 5.62.